The second-order valence-electron chi connectivity index (χ2n) is 14.6. The number of halogens is 1. The first-order valence-electron chi connectivity index (χ1n) is 19.5. The molecule has 0 spiro atoms. The fraction of sp³-hybridized carbons (Fsp3) is 0. The molecule has 0 radical (unpaired) electrons. The Labute approximate surface area is 339 Å². The number of hydrogen-bond acceptors (Lipinski definition) is 2. The van der Waals surface area contributed by atoms with Gasteiger partial charge in [0.1, 0.15) is 5.82 Å². The van der Waals surface area contributed by atoms with Gasteiger partial charge < -0.3 is 9.47 Å². The van der Waals surface area contributed by atoms with Crippen molar-refractivity contribution in [3.05, 3.63) is 218 Å². The fourth-order valence-corrected chi connectivity index (χ4v) is 9.80. The minimum atomic E-state index is -0.235. The molecule has 2 heterocycles. The molecule has 0 bridgehead atoms. The lowest BCUT2D eigenvalue weighted by Gasteiger charge is -2.28. The molecule has 0 saturated carbocycles. The number of hydrogen-bond donors (Lipinski definition) is 0. The van der Waals surface area contributed by atoms with Crippen molar-refractivity contribution in [2.75, 3.05) is 4.90 Å². The molecule has 58 heavy (non-hydrogen) atoms. The number of benzene rings is 9. The number of aromatic nitrogens is 1. The van der Waals surface area contributed by atoms with E-state index in [2.05, 4.69) is 191 Å². The maximum Gasteiger partial charge on any atom is 0.123 e. The van der Waals surface area contributed by atoms with Crippen LogP contribution in [0.25, 0.3) is 81.0 Å². The summed E-state index contributed by atoms with van der Waals surface area (Å²) in [5.74, 6) is -0.235. The van der Waals surface area contributed by atoms with E-state index in [1.807, 2.05) is 29.5 Å². The van der Waals surface area contributed by atoms with Crippen LogP contribution in [-0.2, 0) is 0 Å². The number of nitrogens with zero attached hydrogens (tertiary/aromatic N) is 2. The first kappa shape index (κ1) is 34.0. The van der Waals surface area contributed by atoms with Gasteiger partial charge in [-0.1, -0.05) is 140 Å². The van der Waals surface area contributed by atoms with Crippen molar-refractivity contribution in [1.82, 2.24) is 4.57 Å². The van der Waals surface area contributed by atoms with Gasteiger partial charge in [-0.15, -0.1) is 11.3 Å². The summed E-state index contributed by atoms with van der Waals surface area (Å²) in [6.07, 6.45) is 0. The molecule has 0 fully saturated rings. The summed E-state index contributed by atoms with van der Waals surface area (Å²) in [6.45, 7) is 0. The van der Waals surface area contributed by atoms with Crippen LogP contribution in [0.2, 0.25) is 0 Å². The van der Waals surface area contributed by atoms with E-state index < -0.39 is 0 Å². The smallest absolute Gasteiger partial charge is 0.123 e. The lowest BCUT2D eigenvalue weighted by Crippen LogP contribution is -2.11. The summed E-state index contributed by atoms with van der Waals surface area (Å²) in [5.41, 5.74) is 13.2. The van der Waals surface area contributed by atoms with Gasteiger partial charge in [-0.25, -0.2) is 4.39 Å². The molecule has 274 valence electrons. The second kappa shape index (κ2) is 14.0. The van der Waals surface area contributed by atoms with Crippen LogP contribution >= 0.6 is 11.3 Å². The van der Waals surface area contributed by atoms with Gasteiger partial charge in [-0.05, 0) is 95.1 Å². The third-order valence-corrected chi connectivity index (χ3v) is 12.4. The standard InChI is InChI=1S/C54H35FN2S/c55-39-29-34-51-47(35-39)45-17-6-10-22-50(45)57(51)49-21-9-5-16-43(49)37-25-30-40(31-26-37)56(48-20-8-4-15-42(48)36-13-2-1-3-14-36)41-32-27-38(28-33-41)44-19-12-24-53-54(44)46-18-7-11-23-52(46)58-53/h1-35H. The highest BCUT2D eigenvalue weighted by molar-refractivity contribution is 7.25. The van der Waals surface area contributed by atoms with E-state index in [-0.39, 0.29) is 5.82 Å². The summed E-state index contributed by atoms with van der Waals surface area (Å²) >= 11 is 1.85. The molecule has 0 unspecified atom stereocenters. The highest BCUT2D eigenvalue weighted by Crippen LogP contribution is 2.44. The Bertz CT molecular complexity index is 3290. The highest BCUT2D eigenvalue weighted by atomic mass is 32.1. The molecule has 0 saturated heterocycles. The lowest BCUT2D eigenvalue weighted by atomic mass is 9.98. The molecular formula is C54H35FN2S. The van der Waals surface area contributed by atoms with Gasteiger partial charge in [0.25, 0.3) is 0 Å². The van der Waals surface area contributed by atoms with Crippen molar-refractivity contribution in [3.63, 3.8) is 0 Å². The number of thiophene rings is 1. The molecule has 9 aromatic carbocycles. The Morgan fingerprint density at radius 1 is 0.397 bits per heavy atom. The minimum absolute atomic E-state index is 0.235. The molecule has 11 aromatic rings. The highest BCUT2D eigenvalue weighted by Gasteiger charge is 2.20. The fourth-order valence-electron chi connectivity index (χ4n) is 8.67. The Morgan fingerprint density at radius 3 is 1.76 bits per heavy atom. The lowest BCUT2D eigenvalue weighted by molar-refractivity contribution is 0.629. The Kier molecular flexibility index (Phi) is 8.23. The summed E-state index contributed by atoms with van der Waals surface area (Å²) in [4.78, 5) is 2.36. The zero-order valence-corrected chi connectivity index (χ0v) is 32.2. The normalized spacial score (nSPS) is 11.5. The third-order valence-electron chi connectivity index (χ3n) is 11.3. The first-order chi connectivity index (χ1) is 28.7. The van der Waals surface area contributed by atoms with E-state index in [9.17, 15) is 4.39 Å². The van der Waals surface area contributed by atoms with Gasteiger partial charge >= 0.3 is 0 Å². The van der Waals surface area contributed by atoms with Gasteiger partial charge in [0.05, 0.1) is 22.4 Å². The van der Waals surface area contributed by atoms with Crippen LogP contribution in [0.4, 0.5) is 21.5 Å². The molecule has 2 aromatic heterocycles. The SMILES string of the molecule is Fc1ccc2c(c1)c1ccccc1n2-c1ccccc1-c1ccc(N(c2ccc(-c3cccc4sc5ccccc5c34)cc2)c2ccccc2-c2ccccc2)cc1. The van der Waals surface area contributed by atoms with Crippen LogP contribution in [0.15, 0.2) is 212 Å². The van der Waals surface area contributed by atoms with Crippen molar-refractivity contribution >= 4 is 70.4 Å². The zero-order valence-electron chi connectivity index (χ0n) is 31.4. The molecule has 0 aliphatic rings. The predicted molar refractivity (Wildman–Crippen MR) is 245 cm³/mol. The van der Waals surface area contributed by atoms with Crippen molar-refractivity contribution in [2.45, 2.75) is 0 Å². The van der Waals surface area contributed by atoms with E-state index >= 15 is 0 Å². The Hall–Kier alpha value is -7.27. The van der Waals surface area contributed by atoms with Crippen LogP contribution in [-0.4, -0.2) is 4.57 Å². The number of para-hydroxylation sites is 3. The summed E-state index contributed by atoms with van der Waals surface area (Å²) < 4.78 is 19.4. The average Bonchev–Trinajstić information content (AvgIpc) is 3.83. The van der Waals surface area contributed by atoms with Gasteiger partial charge in [0.15, 0.2) is 0 Å². The van der Waals surface area contributed by atoms with Gasteiger partial charge in [0.2, 0.25) is 0 Å². The molecule has 0 aliphatic heterocycles. The number of fused-ring (bicyclic) bond motifs is 6. The Balaban J connectivity index is 1.04. The quantitative estimate of drug-likeness (QED) is 0.157. The van der Waals surface area contributed by atoms with Crippen LogP contribution in [0.5, 0.6) is 0 Å². The minimum Gasteiger partial charge on any atom is -0.310 e. The molecular weight excluding hydrogens is 728 g/mol. The van der Waals surface area contributed by atoms with Crippen LogP contribution in [0, 0.1) is 5.82 Å². The van der Waals surface area contributed by atoms with Gasteiger partial charge in [-0.2, -0.15) is 0 Å². The predicted octanol–water partition coefficient (Wildman–Crippen LogP) is 15.8. The van der Waals surface area contributed by atoms with Crippen molar-refractivity contribution in [1.29, 1.82) is 0 Å². The summed E-state index contributed by atoms with van der Waals surface area (Å²) in [5, 5.41) is 4.54. The zero-order chi connectivity index (χ0) is 38.6. The average molecular weight is 763 g/mol. The van der Waals surface area contributed by atoms with E-state index in [1.165, 1.54) is 31.3 Å². The number of rotatable bonds is 7. The maximum atomic E-state index is 14.6. The molecule has 0 amide bonds. The van der Waals surface area contributed by atoms with Crippen LogP contribution in [0.1, 0.15) is 0 Å². The molecule has 2 nitrogen and oxygen atoms in total. The summed E-state index contributed by atoms with van der Waals surface area (Å²) in [6, 6.07) is 74.3. The molecule has 11 rings (SSSR count). The molecule has 0 atom stereocenters. The largest absolute Gasteiger partial charge is 0.310 e. The monoisotopic (exact) mass is 762 g/mol. The molecule has 0 aliphatic carbocycles. The van der Waals surface area contributed by atoms with Crippen molar-refractivity contribution < 1.29 is 4.39 Å². The second-order valence-corrected chi connectivity index (χ2v) is 15.7. The third kappa shape index (κ3) is 5.69. The van der Waals surface area contributed by atoms with Crippen molar-refractivity contribution in [3.8, 4) is 39.1 Å². The van der Waals surface area contributed by atoms with Crippen LogP contribution in [0.3, 0.4) is 0 Å². The van der Waals surface area contributed by atoms with E-state index in [1.54, 1.807) is 12.1 Å². The summed E-state index contributed by atoms with van der Waals surface area (Å²) in [7, 11) is 0. The van der Waals surface area contributed by atoms with Gasteiger partial charge in [0, 0.05) is 53.4 Å². The first-order valence-corrected chi connectivity index (χ1v) is 20.4. The molecule has 4 heteroatoms. The van der Waals surface area contributed by atoms with Crippen LogP contribution < -0.4 is 4.90 Å². The number of anilines is 3. The topological polar surface area (TPSA) is 8.17 Å². The molecule has 0 N–H and O–H groups in total. The van der Waals surface area contributed by atoms with E-state index in [0.29, 0.717) is 0 Å². The van der Waals surface area contributed by atoms with E-state index in [0.717, 1.165) is 66.8 Å². The Morgan fingerprint density at radius 2 is 0.966 bits per heavy atom. The van der Waals surface area contributed by atoms with Gasteiger partial charge in [-0.3, -0.25) is 0 Å². The van der Waals surface area contributed by atoms with E-state index in [4.69, 9.17) is 0 Å². The maximum absolute atomic E-state index is 14.6. The van der Waals surface area contributed by atoms with Crippen molar-refractivity contribution in [2.24, 2.45) is 0 Å².